The molecule has 7 nitrogen and oxygen atoms in total. The van der Waals surface area contributed by atoms with Crippen LogP contribution in [0.25, 0.3) is 0 Å². The summed E-state index contributed by atoms with van der Waals surface area (Å²) < 4.78 is 10.6. The Morgan fingerprint density at radius 2 is 2.14 bits per heavy atom. The van der Waals surface area contributed by atoms with Crippen molar-refractivity contribution in [2.75, 3.05) is 25.1 Å². The Labute approximate surface area is 167 Å². The molecule has 0 radical (unpaired) electrons. The molecule has 1 N–H and O–H groups in total. The van der Waals surface area contributed by atoms with Crippen LogP contribution in [0, 0.1) is 18.3 Å². The molecule has 0 atom stereocenters. The molecular formula is C20H21N3O4S. The fourth-order valence-corrected chi connectivity index (χ4v) is 4.23. The zero-order chi connectivity index (χ0) is 20.1. The van der Waals surface area contributed by atoms with Crippen LogP contribution >= 0.6 is 11.3 Å². The molecule has 0 aliphatic carbocycles. The molecule has 1 aromatic heterocycles. The highest BCUT2D eigenvalue weighted by Crippen LogP contribution is 2.36. The van der Waals surface area contributed by atoms with Gasteiger partial charge in [0.15, 0.2) is 6.61 Å². The molecule has 2 aromatic rings. The van der Waals surface area contributed by atoms with E-state index in [2.05, 4.69) is 11.4 Å². The van der Waals surface area contributed by atoms with Crippen molar-refractivity contribution in [1.82, 2.24) is 4.90 Å². The summed E-state index contributed by atoms with van der Waals surface area (Å²) in [7, 11) is 0. The third-order valence-corrected chi connectivity index (χ3v) is 5.53. The molecule has 2 amide bonds. The second-order valence-electron chi connectivity index (χ2n) is 6.29. The number of rotatable bonds is 5. The van der Waals surface area contributed by atoms with Gasteiger partial charge in [-0.2, -0.15) is 5.26 Å². The molecule has 0 spiro atoms. The normalized spacial score (nSPS) is 12.7. The zero-order valence-electron chi connectivity index (χ0n) is 15.8. The predicted molar refractivity (Wildman–Crippen MR) is 105 cm³/mol. The number of nitriles is 1. The molecule has 0 saturated heterocycles. The Balaban J connectivity index is 1.68. The van der Waals surface area contributed by atoms with Crippen molar-refractivity contribution >= 4 is 28.3 Å². The molecule has 0 bridgehead atoms. The van der Waals surface area contributed by atoms with Crippen LogP contribution in [0.4, 0.5) is 9.80 Å². The van der Waals surface area contributed by atoms with Gasteiger partial charge < -0.3 is 19.7 Å². The van der Waals surface area contributed by atoms with Crippen molar-refractivity contribution in [3.05, 3.63) is 45.8 Å². The average Bonchev–Trinajstić information content (AvgIpc) is 3.03. The van der Waals surface area contributed by atoms with Gasteiger partial charge >= 0.3 is 6.09 Å². The van der Waals surface area contributed by atoms with E-state index < -0.39 is 0 Å². The van der Waals surface area contributed by atoms with Crippen LogP contribution in [-0.4, -0.2) is 36.7 Å². The Morgan fingerprint density at radius 3 is 2.86 bits per heavy atom. The van der Waals surface area contributed by atoms with Crippen LogP contribution in [0.3, 0.4) is 0 Å². The lowest BCUT2D eigenvalue weighted by atomic mass is 10.0. The van der Waals surface area contributed by atoms with Crippen molar-refractivity contribution in [2.24, 2.45) is 0 Å². The molecule has 1 aliphatic rings. The number of hydrogen-bond donors (Lipinski definition) is 1. The number of ether oxygens (including phenoxy) is 2. The summed E-state index contributed by atoms with van der Waals surface area (Å²) in [4.78, 5) is 26.8. The molecule has 2 heterocycles. The standard InChI is InChI=1S/C20H21N3O4S/c1-3-26-20(25)23-9-8-14-15(10-21)19(28-17(14)11-23)22-18(24)12-27-16-7-5-4-6-13(16)2/h4-7H,3,8-9,11-12H2,1-2H3,(H,22,24). The minimum atomic E-state index is -0.364. The number of benzene rings is 1. The lowest BCUT2D eigenvalue weighted by molar-refractivity contribution is -0.118. The molecule has 8 heteroatoms. The van der Waals surface area contributed by atoms with Crippen molar-refractivity contribution in [1.29, 1.82) is 5.26 Å². The van der Waals surface area contributed by atoms with Gasteiger partial charge in [0.05, 0.1) is 18.7 Å². The Kier molecular flexibility index (Phi) is 6.16. The molecule has 1 aromatic carbocycles. The van der Waals surface area contributed by atoms with Crippen LogP contribution in [0.1, 0.15) is 28.5 Å². The van der Waals surface area contributed by atoms with Gasteiger partial charge in [-0.1, -0.05) is 18.2 Å². The summed E-state index contributed by atoms with van der Waals surface area (Å²) in [5, 5.41) is 12.8. The van der Waals surface area contributed by atoms with Crippen LogP contribution in [0.15, 0.2) is 24.3 Å². The number of amides is 2. The van der Waals surface area contributed by atoms with Crippen LogP contribution < -0.4 is 10.1 Å². The quantitative estimate of drug-likeness (QED) is 0.831. The number of para-hydroxylation sites is 1. The summed E-state index contributed by atoms with van der Waals surface area (Å²) in [6, 6.07) is 9.63. The number of thiophene rings is 1. The van der Waals surface area contributed by atoms with E-state index in [9.17, 15) is 14.9 Å². The highest BCUT2D eigenvalue weighted by Gasteiger charge is 2.28. The number of carbonyl (C=O) groups excluding carboxylic acids is 2. The SMILES string of the molecule is CCOC(=O)N1CCc2c(sc(NC(=O)COc3ccccc3C)c2C#N)C1. The maximum atomic E-state index is 12.3. The summed E-state index contributed by atoms with van der Waals surface area (Å²) >= 11 is 1.32. The molecule has 0 fully saturated rings. The van der Waals surface area contributed by atoms with Crippen molar-refractivity contribution in [2.45, 2.75) is 26.8 Å². The third-order valence-electron chi connectivity index (χ3n) is 4.40. The van der Waals surface area contributed by atoms with Gasteiger partial charge in [0, 0.05) is 11.4 Å². The zero-order valence-corrected chi connectivity index (χ0v) is 16.6. The van der Waals surface area contributed by atoms with E-state index in [0.29, 0.717) is 42.4 Å². The van der Waals surface area contributed by atoms with Crippen LogP contribution in [-0.2, 0) is 22.5 Å². The van der Waals surface area contributed by atoms with Gasteiger partial charge in [0.25, 0.3) is 5.91 Å². The number of aryl methyl sites for hydroxylation is 1. The smallest absolute Gasteiger partial charge is 0.410 e. The lowest BCUT2D eigenvalue weighted by Crippen LogP contribution is -2.35. The minimum absolute atomic E-state index is 0.146. The number of nitrogens with zero attached hydrogens (tertiary/aromatic N) is 2. The van der Waals surface area contributed by atoms with E-state index in [-0.39, 0.29) is 18.6 Å². The van der Waals surface area contributed by atoms with Crippen molar-refractivity contribution < 1.29 is 19.1 Å². The Bertz CT molecular complexity index is 932. The van der Waals surface area contributed by atoms with E-state index in [0.717, 1.165) is 16.0 Å². The van der Waals surface area contributed by atoms with Gasteiger partial charge in [0.2, 0.25) is 0 Å². The molecule has 28 heavy (non-hydrogen) atoms. The molecule has 1 aliphatic heterocycles. The number of carbonyl (C=O) groups is 2. The fourth-order valence-electron chi connectivity index (χ4n) is 3.00. The van der Waals surface area contributed by atoms with Gasteiger partial charge in [-0.25, -0.2) is 4.79 Å². The second kappa shape index (κ2) is 8.76. The van der Waals surface area contributed by atoms with Gasteiger partial charge in [-0.3, -0.25) is 4.79 Å². The second-order valence-corrected chi connectivity index (χ2v) is 7.40. The third kappa shape index (κ3) is 4.26. The van der Waals surface area contributed by atoms with Crippen LogP contribution in [0.5, 0.6) is 5.75 Å². The summed E-state index contributed by atoms with van der Waals surface area (Å²) in [5.74, 6) is 0.314. The number of hydrogen-bond acceptors (Lipinski definition) is 6. The molecule has 3 rings (SSSR count). The summed E-state index contributed by atoms with van der Waals surface area (Å²) in [5.41, 5.74) is 2.30. The van der Waals surface area contributed by atoms with E-state index in [4.69, 9.17) is 9.47 Å². The van der Waals surface area contributed by atoms with Gasteiger partial charge in [-0.15, -0.1) is 11.3 Å². The van der Waals surface area contributed by atoms with E-state index >= 15 is 0 Å². The number of fused-ring (bicyclic) bond motifs is 1. The first-order valence-electron chi connectivity index (χ1n) is 8.98. The molecule has 146 valence electrons. The predicted octanol–water partition coefficient (Wildman–Crippen LogP) is 3.46. The highest BCUT2D eigenvalue weighted by atomic mass is 32.1. The van der Waals surface area contributed by atoms with E-state index in [1.807, 2.05) is 25.1 Å². The molecule has 0 unspecified atom stereocenters. The van der Waals surface area contributed by atoms with Crippen molar-refractivity contribution in [3.63, 3.8) is 0 Å². The maximum absolute atomic E-state index is 12.3. The average molecular weight is 399 g/mol. The lowest BCUT2D eigenvalue weighted by Gasteiger charge is -2.25. The molecule has 0 saturated carbocycles. The maximum Gasteiger partial charge on any atom is 0.410 e. The topological polar surface area (TPSA) is 91.7 Å². The van der Waals surface area contributed by atoms with Crippen LogP contribution in [0.2, 0.25) is 0 Å². The van der Waals surface area contributed by atoms with Gasteiger partial charge in [-0.05, 0) is 37.5 Å². The highest BCUT2D eigenvalue weighted by molar-refractivity contribution is 7.16. The fraction of sp³-hybridized carbons (Fsp3) is 0.350. The number of anilines is 1. The largest absolute Gasteiger partial charge is 0.483 e. The van der Waals surface area contributed by atoms with E-state index in [1.54, 1.807) is 17.9 Å². The summed E-state index contributed by atoms with van der Waals surface area (Å²) in [6.45, 7) is 4.71. The molecular weight excluding hydrogens is 378 g/mol. The monoisotopic (exact) mass is 399 g/mol. The first-order valence-corrected chi connectivity index (χ1v) is 9.79. The summed E-state index contributed by atoms with van der Waals surface area (Å²) in [6.07, 6.45) is 0.195. The number of nitrogens with one attached hydrogen (secondary N) is 1. The first kappa shape index (κ1) is 19.7. The minimum Gasteiger partial charge on any atom is -0.483 e. The van der Waals surface area contributed by atoms with Crippen molar-refractivity contribution in [3.8, 4) is 11.8 Å². The Hall–Kier alpha value is -3.05. The first-order chi connectivity index (χ1) is 13.5. The Morgan fingerprint density at radius 1 is 1.36 bits per heavy atom. The van der Waals surface area contributed by atoms with Gasteiger partial charge in [0.1, 0.15) is 16.8 Å². The van der Waals surface area contributed by atoms with E-state index in [1.165, 1.54) is 11.3 Å².